The fourth-order valence-electron chi connectivity index (χ4n) is 2.49. The van der Waals surface area contributed by atoms with Crippen molar-refractivity contribution in [2.75, 3.05) is 0 Å². The van der Waals surface area contributed by atoms with E-state index in [1.165, 1.54) is 4.90 Å². The number of nitrogens with zero attached hydrogens (tertiary/aromatic N) is 1. The van der Waals surface area contributed by atoms with Gasteiger partial charge < -0.3 is 5.11 Å². The number of halogens is 1. The second-order valence-electron chi connectivity index (χ2n) is 5.26. The van der Waals surface area contributed by atoms with Gasteiger partial charge in [0, 0.05) is 4.47 Å². The van der Waals surface area contributed by atoms with Crippen LogP contribution >= 0.6 is 39.9 Å². The van der Waals surface area contributed by atoms with E-state index >= 15 is 0 Å². The first-order valence-electron chi connectivity index (χ1n) is 7.28. The lowest BCUT2D eigenvalue weighted by molar-refractivity contribution is -0.145. The molecule has 0 bridgehead atoms. The summed E-state index contributed by atoms with van der Waals surface area (Å²) in [7, 11) is 0. The van der Waals surface area contributed by atoms with Crippen LogP contribution in [0.3, 0.4) is 0 Å². The van der Waals surface area contributed by atoms with Gasteiger partial charge in [0.15, 0.2) is 6.04 Å². The Morgan fingerprint density at radius 1 is 1.20 bits per heavy atom. The van der Waals surface area contributed by atoms with Crippen LogP contribution in [0.4, 0.5) is 0 Å². The summed E-state index contributed by atoms with van der Waals surface area (Å²) < 4.78 is 1.13. The smallest absolute Gasteiger partial charge is 0.331 e. The minimum absolute atomic E-state index is 0.238. The van der Waals surface area contributed by atoms with E-state index in [2.05, 4.69) is 15.9 Å². The Morgan fingerprint density at radius 2 is 1.92 bits per heavy atom. The first-order valence-corrected chi connectivity index (χ1v) is 9.29. The highest BCUT2D eigenvalue weighted by Crippen LogP contribution is 2.38. The van der Waals surface area contributed by atoms with Gasteiger partial charge in [-0.15, -0.1) is 0 Å². The van der Waals surface area contributed by atoms with Crippen LogP contribution in [0.1, 0.15) is 17.2 Å². The zero-order valence-corrected chi connectivity index (χ0v) is 16.0. The lowest BCUT2D eigenvalue weighted by Gasteiger charge is -2.23. The zero-order chi connectivity index (χ0) is 18.0. The molecule has 1 N–H and O–H groups in total. The zero-order valence-electron chi connectivity index (χ0n) is 12.8. The van der Waals surface area contributed by atoms with Crippen LogP contribution in [-0.2, 0) is 9.59 Å². The summed E-state index contributed by atoms with van der Waals surface area (Å²) >= 11 is 9.79. The molecule has 1 amide bonds. The number of thiocarbonyl (C=S) groups is 1. The maximum Gasteiger partial charge on any atom is 0.331 e. The van der Waals surface area contributed by atoms with Crippen molar-refractivity contribution in [3.05, 3.63) is 75.1 Å². The number of carbonyl (C=O) groups excluding carboxylic acids is 1. The van der Waals surface area contributed by atoms with Gasteiger partial charge in [0.25, 0.3) is 5.91 Å². The summed E-state index contributed by atoms with van der Waals surface area (Å²) in [6.07, 6.45) is 1.72. The largest absolute Gasteiger partial charge is 0.479 e. The van der Waals surface area contributed by atoms with Crippen molar-refractivity contribution in [2.24, 2.45) is 0 Å². The van der Waals surface area contributed by atoms with Gasteiger partial charge in [-0.05, 0) is 29.3 Å². The Hall–Kier alpha value is -1.96. The van der Waals surface area contributed by atoms with Gasteiger partial charge in [0.05, 0.1) is 4.91 Å². The Morgan fingerprint density at radius 3 is 2.56 bits per heavy atom. The van der Waals surface area contributed by atoms with Crippen LogP contribution < -0.4 is 0 Å². The first-order chi connectivity index (χ1) is 12.0. The molecule has 1 heterocycles. The Labute approximate surface area is 162 Å². The summed E-state index contributed by atoms with van der Waals surface area (Å²) in [6.45, 7) is 0. The van der Waals surface area contributed by atoms with Crippen molar-refractivity contribution in [1.82, 2.24) is 4.90 Å². The van der Waals surface area contributed by atoms with Crippen LogP contribution in [0.5, 0.6) is 0 Å². The predicted octanol–water partition coefficient (Wildman–Crippen LogP) is 4.48. The molecule has 1 unspecified atom stereocenters. The number of carboxylic acid groups (broad SMARTS) is 1. The molecule has 2 aromatic rings. The molecule has 4 nitrogen and oxygen atoms in total. The molecule has 0 aromatic heterocycles. The van der Waals surface area contributed by atoms with Gasteiger partial charge in [-0.2, -0.15) is 0 Å². The highest BCUT2D eigenvalue weighted by molar-refractivity contribution is 9.10. The summed E-state index contributed by atoms with van der Waals surface area (Å²) in [5, 5.41) is 9.65. The third kappa shape index (κ3) is 3.84. The van der Waals surface area contributed by atoms with Gasteiger partial charge in [0.2, 0.25) is 0 Å². The lowest BCUT2D eigenvalue weighted by Crippen LogP contribution is -2.37. The van der Waals surface area contributed by atoms with Crippen LogP contribution in [0, 0.1) is 0 Å². The van der Waals surface area contributed by atoms with Crippen molar-refractivity contribution in [1.29, 1.82) is 0 Å². The molecule has 0 saturated carbocycles. The predicted molar refractivity (Wildman–Crippen MR) is 106 cm³/mol. The van der Waals surface area contributed by atoms with E-state index in [9.17, 15) is 14.7 Å². The number of carboxylic acids is 1. The van der Waals surface area contributed by atoms with E-state index < -0.39 is 17.9 Å². The molecule has 1 aliphatic heterocycles. The fourth-order valence-corrected chi connectivity index (χ4v) is 4.22. The number of thioether (sulfide) groups is 1. The van der Waals surface area contributed by atoms with Crippen LogP contribution in [0.2, 0.25) is 0 Å². The molecule has 126 valence electrons. The SMILES string of the molecule is O=C(O)C(c1ccccc1)N1C(=O)/C(=C/c2cccc(Br)c2)SC1=S. The molecule has 25 heavy (non-hydrogen) atoms. The number of hydrogen-bond donors (Lipinski definition) is 1. The van der Waals surface area contributed by atoms with Crippen molar-refractivity contribution in [3.63, 3.8) is 0 Å². The molecule has 0 radical (unpaired) electrons. The van der Waals surface area contributed by atoms with Crippen LogP contribution in [0.15, 0.2) is 64.0 Å². The lowest BCUT2D eigenvalue weighted by atomic mass is 10.1. The maximum atomic E-state index is 12.8. The second kappa shape index (κ2) is 7.51. The molecule has 1 saturated heterocycles. The number of hydrogen-bond acceptors (Lipinski definition) is 4. The Kier molecular flexibility index (Phi) is 5.36. The molecule has 7 heteroatoms. The monoisotopic (exact) mass is 433 g/mol. The molecule has 1 atom stereocenters. The molecule has 3 rings (SSSR count). The maximum absolute atomic E-state index is 12.8. The van der Waals surface area contributed by atoms with Crippen molar-refractivity contribution in [2.45, 2.75) is 6.04 Å². The number of benzene rings is 2. The highest BCUT2D eigenvalue weighted by Gasteiger charge is 2.41. The molecule has 0 aliphatic carbocycles. The number of aliphatic carboxylic acids is 1. The third-order valence-corrected chi connectivity index (χ3v) is 5.40. The summed E-state index contributed by atoms with van der Waals surface area (Å²) in [6, 6.07) is 15.0. The van der Waals surface area contributed by atoms with Crippen LogP contribution in [-0.4, -0.2) is 26.2 Å². The number of amides is 1. The van der Waals surface area contributed by atoms with Gasteiger partial charge in [0.1, 0.15) is 4.32 Å². The van der Waals surface area contributed by atoms with E-state index in [-0.39, 0.29) is 4.32 Å². The first kappa shape index (κ1) is 17.8. The van der Waals surface area contributed by atoms with E-state index in [0.29, 0.717) is 10.5 Å². The fraction of sp³-hybridized carbons (Fsp3) is 0.0556. The van der Waals surface area contributed by atoms with Gasteiger partial charge >= 0.3 is 5.97 Å². The summed E-state index contributed by atoms with van der Waals surface area (Å²) in [4.78, 5) is 26.2. The number of carbonyl (C=O) groups is 2. The average molecular weight is 434 g/mol. The van der Waals surface area contributed by atoms with E-state index in [1.807, 2.05) is 24.3 Å². The van der Waals surface area contributed by atoms with E-state index in [0.717, 1.165) is 21.8 Å². The summed E-state index contributed by atoms with van der Waals surface area (Å²) in [5.74, 6) is -1.52. The number of rotatable bonds is 4. The molecular formula is C18H12BrNO3S2. The highest BCUT2D eigenvalue weighted by atomic mass is 79.9. The van der Waals surface area contributed by atoms with Gasteiger partial charge in [-0.1, -0.05) is 82.4 Å². The second-order valence-corrected chi connectivity index (χ2v) is 7.85. The van der Waals surface area contributed by atoms with Crippen molar-refractivity contribution >= 4 is 62.2 Å². The normalized spacial score (nSPS) is 17.2. The quantitative estimate of drug-likeness (QED) is 0.568. The van der Waals surface area contributed by atoms with Crippen LogP contribution in [0.25, 0.3) is 6.08 Å². The van der Waals surface area contributed by atoms with Gasteiger partial charge in [-0.3, -0.25) is 9.69 Å². The third-order valence-electron chi connectivity index (χ3n) is 3.58. The standard InChI is InChI=1S/C18H12BrNO3S2/c19-13-8-4-5-11(9-13)10-14-16(21)20(18(24)25-14)15(17(22)23)12-6-2-1-3-7-12/h1-10,15H,(H,22,23)/b14-10-. The minimum atomic E-state index is -1.14. The molecule has 2 aromatic carbocycles. The molecule has 1 fully saturated rings. The average Bonchev–Trinajstić information content (AvgIpc) is 2.84. The minimum Gasteiger partial charge on any atom is -0.479 e. The topological polar surface area (TPSA) is 57.6 Å². The summed E-state index contributed by atoms with van der Waals surface area (Å²) in [5.41, 5.74) is 1.34. The molecule has 1 aliphatic rings. The Balaban J connectivity index is 1.96. The van der Waals surface area contributed by atoms with E-state index in [4.69, 9.17) is 12.2 Å². The van der Waals surface area contributed by atoms with Gasteiger partial charge in [-0.25, -0.2) is 4.79 Å². The van der Waals surface area contributed by atoms with E-state index in [1.54, 1.807) is 36.4 Å². The Bertz CT molecular complexity index is 883. The molecular weight excluding hydrogens is 422 g/mol. The van der Waals surface area contributed by atoms with Crippen molar-refractivity contribution < 1.29 is 14.7 Å². The van der Waals surface area contributed by atoms with Crippen molar-refractivity contribution in [3.8, 4) is 0 Å². The molecule has 0 spiro atoms.